The summed E-state index contributed by atoms with van der Waals surface area (Å²) in [5.74, 6) is 0.350. The third-order valence-electron chi connectivity index (χ3n) is 3.78. The molecule has 0 bridgehead atoms. The van der Waals surface area contributed by atoms with E-state index in [0.29, 0.717) is 26.0 Å². The molecular formula is C16H21BrN2O3. The SMILES string of the molecule is NC(=O)C1CCCN(C(=O)CCCOc2cccc(Br)c2)C1. The number of piperidine rings is 1. The number of nitrogens with zero attached hydrogens (tertiary/aromatic N) is 1. The first kappa shape index (κ1) is 16.8. The Morgan fingerprint density at radius 2 is 2.23 bits per heavy atom. The molecule has 1 heterocycles. The summed E-state index contributed by atoms with van der Waals surface area (Å²) in [5, 5.41) is 0. The molecule has 0 radical (unpaired) electrons. The molecule has 1 aromatic rings. The van der Waals surface area contributed by atoms with Crippen molar-refractivity contribution in [2.75, 3.05) is 19.7 Å². The maximum absolute atomic E-state index is 12.1. The molecule has 0 saturated carbocycles. The van der Waals surface area contributed by atoms with Gasteiger partial charge in [-0.2, -0.15) is 0 Å². The first-order valence-corrected chi connectivity index (χ1v) is 8.31. The van der Waals surface area contributed by atoms with Crippen LogP contribution in [-0.4, -0.2) is 36.4 Å². The third kappa shape index (κ3) is 5.02. The van der Waals surface area contributed by atoms with Gasteiger partial charge < -0.3 is 15.4 Å². The number of nitrogens with two attached hydrogens (primary N) is 1. The molecule has 22 heavy (non-hydrogen) atoms. The Morgan fingerprint density at radius 3 is 2.95 bits per heavy atom. The largest absolute Gasteiger partial charge is 0.494 e. The minimum absolute atomic E-state index is 0.0730. The smallest absolute Gasteiger partial charge is 0.222 e. The zero-order valence-corrected chi connectivity index (χ0v) is 14.0. The summed E-state index contributed by atoms with van der Waals surface area (Å²) >= 11 is 3.39. The van der Waals surface area contributed by atoms with Gasteiger partial charge in [-0.05, 0) is 37.5 Å². The zero-order chi connectivity index (χ0) is 15.9. The number of rotatable bonds is 6. The van der Waals surface area contributed by atoms with E-state index in [1.807, 2.05) is 24.3 Å². The van der Waals surface area contributed by atoms with E-state index in [1.54, 1.807) is 4.90 Å². The van der Waals surface area contributed by atoms with E-state index in [4.69, 9.17) is 10.5 Å². The standard InChI is InChI=1S/C16H21BrN2O3/c17-13-5-1-6-14(10-13)22-9-3-7-15(20)19-8-2-4-12(11-19)16(18)21/h1,5-6,10,12H,2-4,7-9,11H2,(H2,18,21). The summed E-state index contributed by atoms with van der Waals surface area (Å²) in [4.78, 5) is 25.1. The van der Waals surface area contributed by atoms with E-state index in [2.05, 4.69) is 15.9 Å². The molecule has 1 aliphatic heterocycles. The molecule has 2 rings (SSSR count). The molecule has 1 unspecified atom stereocenters. The maximum Gasteiger partial charge on any atom is 0.222 e. The summed E-state index contributed by atoms with van der Waals surface area (Å²) in [6, 6.07) is 7.61. The molecule has 1 aromatic carbocycles. The Labute approximate surface area is 138 Å². The number of halogens is 1. The van der Waals surface area contributed by atoms with E-state index in [-0.39, 0.29) is 17.7 Å². The fraction of sp³-hybridized carbons (Fsp3) is 0.500. The molecule has 1 atom stereocenters. The van der Waals surface area contributed by atoms with Crippen LogP contribution in [0, 0.1) is 5.92 Å². The summed E-state index contributed by atoms with van der Waals surface area (Å²) in [6.07, 6.45) is 2.71. The molecule has 0 aliphatic carbocycles. The molecule has 0 spiro atoms. The van der Waals surface area contributed by atoms with Crippen LogP contribution >= 0.6 is 15.9 Å². The lowest BCUT2D eigenvalue weighted by molar-refractivity contribution is -0.135. The van der Waals surface area contributed by atoms with E-state index in [0.717, 1.165) is 29.6 Å². The van der Waals surface area contributed by atoms with Gasteiger partial charge in [-0.1, -0.05) is 22.0 Å². The van der Waals surface area contributed by atoms with Crippen LogP contribution in [0.1, 0.15) is 25.7 Å². The normalized spacial score (nSPS) is 18.0. The fourth-order valence-corrected chi connectivity index (χ4v) is 2.94. The minimum atomic E-state index is -0.310. The van der Waals surface area contributed by atoms with Gasteiger partial charge in [-0.25, -0.2) is 0 Å². The summed E-state index contributed by atoms with van der Waals surface area (Å²) in [5.41, 5.74) is 5.33. The number of primary amides is 1. The zero-order valence-electron chi connectivity index (χ0n) is 12.5. The van der Waals surface area contributed by atoms with Crippen molar-refractivity contribution in [1.29, 1.82) is 0 Å². The molecule has 120 valence electrons. The maximum atomic E-state index is 12.1. The topological polar surface area (TPSA) is 72.6 Å². The number of carbonyl (C=O) groups excluding carboxylic acids is 2. The number of hydrogen-bond donors (Lipinski definition) is 1. The highest BCUT2D eigenvalue weighted by Crippen LogP contribution is 2.19. The van der Waals surface area contributed by atoms with Crippen molar-refractivity contribution in [2.45, 2.75) is 25.7 Å². The van der Waals surface area contributed by atoms with E-state index >= 15 is 0 Å². The van der Waals surface area contributed by atoms with Crippen LogP contribution in [0.2, 0.25) is 0 Å². The number of benzene rings is 1. The van der Waals surface area contributed by atoms with Gasteiger partial charge in [0, 0.05) is 24.0 Å². The van der Waals surface area contributed by atoms with Gasteiger partial charge >= 0.3 is 0 Å². The average Bonchev–Trinajstić information content (AvgIpc) is 2.51. The second kappa shape index (κ2) is 8.17. The third-order valence-corrected chi connectivity index (χ3v) is 4.27. The van der Waals surface area contributed by atoms with Crippen molar-refractivity contribution in [2.24, 2.45) is 11.7 Å². The minimum Gasteiger partial charge on any atom is -0.494 e. The highest BCUT2D eigenvalue weighted by atomic mass is 79.9. The molecule has 5 nitrogen and oxygen atoms in total. The molecule has 2 N–H and O–H groups in total. The van der Waals surface area contributed by atoms with Gasteiger partial charge in [0.25, 0.3) is 0 Å². The van der Waals surface area contributed by atoms with Gasteiger partial charge in [0.05, 0.1) is 12.5 Å². The number of likely N-dealkylation sites (tertiary alicyclic amines) is 1. The van der Waals surface area contributed by atoms with Crippen molar-refractivity contribution < 1.29 is 14.3 Å². The van der Waals surface area contributed by atoms with Crippen LogP contribution in [-0.2, 0) is 9.59 Å². The van der Waals surface area contributed by atoms with Gasteiger partial charge in [0.15, 0.2) is 0 Å². The Balaban J connectivity index is 1.70. The Hall–Kier alpha value is -1.56. The number of amides is 2. The number of hydrogen-bond acceptors (Lipinski definition) is 3. The molecule has 1 aliphatic rings. The van der Waals surface area contributed by atoms with Crippen LogP contribution in [0.4, 0.5) is 0 Å². The van der Waals surface area contributed by atoms with Gasteiger partial charge in [0.1, 0.15) is 5.75 Å². The molecular weight excluding hydrogens is 348 g/mol. The summed E-state index contributed by atoms with van der Waals surface area (Å²) in [6.45, 7) is 1.67. The molecule has 2 amide bonds. The molecule has 0 aromatic heterocycles. The van der Waals surface area contributed by atoms with Crippen LogP contribution in [0.5, 0.6) is 5.75 Å². The monoisotopic (exact) mass is 368 g/mol. The predicted octanol–water partition coefficient (Wildman–Crippen LogP) is 2.33. The Morgan fingerprint density at radius 1 is 1.41 bits per heavy atom. The average molecular weight is 369 g/mol. The lowest BCUT2D eigenvalue weighted by atomic mass is 9.97. The van der Waals surface area contributed by atoms with E-state index in [9.17, 15) is 9.59 Å². The van der Waals surface area contributed by atoms with Gasteiger partial charge in [-0.3, -0.25) is 9.59 Å². The first-order valence-electron chi connectivity index (χ1n) is 7.51. The lowest BCUT2D eigenvalue weighted by Crippen LogP contribution is -2.44. The van der Waals surface area contributed by atoms with Crippen molar-refractivity contribution in [3.8, 4) is 5.75 Å². The second-order valence-corrected chi connectivity index (χ2v) is 6.41. The first-order chi connectivity index (χ1) is 10.6. The van der Waals surface area contributed by atoms with Crippen molar-refractivity contribution in [3.05, 3.63) is 28.7 Å². The lowest BCUT2D eigenvalue weighted by Gasteiger charge is -2.31. The quantitative estimate of drug-likeness (QED) is 0.783. The molecule has 1 saturated heterocycles. The van der Waals surface area contributed by atoms with Crippen LogP contribution < -0.4 is 10.5 Å². The molecule has 6 heteroatoms. The summed E-state index contributed by atoms with van der Waals surface area (Å²) in [7, 11) is 0. The van der Waals surface area contributed by atoms with Crippen LogP contribution in [0.15, 0.2) is 28.7 Å². The van der Waals surface area contributed by atoms with Crippen molar-refractivity contribution >= 4 is 27.7 Å². The van der Waals surface area contributed by atoms with Crippen molar-refractivity contribution in [3.63, 3.8) is 0 Å². The summed E-state index contributed by atoms with van der Waals surface area (Å²) < 4.78 is 6.57. The Kier molecular flexibility index (Phi) is 6.24. The number of ether oxygens (including phenoxy) is 1. The van der Waals surface area contributed by atoms with Crippen LogP contribution in [0.25, 0.3) is 0 Å². The highest BCUT2D eigenvalue weighted by Gasteiger charge is 2.26. The number of carbonyl (C=O) groups is 2. The van der Waals surface area contributed by atoms with Gasteiger partial charge in [-0.15, -0.1) is 0 Å². The Bertz CT molecular complexity index is 536. The van der Waals surface area contributed by atoms with E-state index in [1.165, 1.54) is 0 Å². The van der Waals surface area contributed by atoms with Gasteiger partial charge in [0.2, 0.25) is 11.8 Å². The van der Waals surface area contributed by atoms with Crippen molar-refractivity contribution in [1.82, 2.24) is 4.90 Å². The molecule has 1 fully saturated rings. The van der Waals surface area contributed by atoms with E-state index < -0.39 is 0 Å². The predicted molar refractivity (Wildman–Crippen MR) is 87.4 cm³/mol. The van der Waals surface area contributed by atoms with Crippen LogP contribution in [0.3, 0.4) is 0 Å². The fourth-order valence-electron chi connectivity index (χ4n) is 2.56. The second-order valence-electron chi connectivity index (χ2n) is 5.49. The highest BCUT2D eigenvalue weighted by molar-refractivity contribution is 9.10.